The van der Waals surface area contributed by atoms with E-state index in [0.29, 0.717) is 0 Å². The van der Waals surface area contributed by atoms with E-state index in [0.717, 1.165) is 6.04 Å². The molecular formula is C18H29N. The van der Waals surface area contributed by atoms with E-state index in [4.69, 9.17) is 0 Å². The van der Waals surface area contributed by atoms with Crippen LogP contribution in [-0.4, -0.2) is 12.6 Å². The van der Waals surface area contributed by atoms with Crippen LogP contribution in [0, 0.1) is 0 Å². The van der Waals surface area contributed by atoms with Crippen LogP contribution in [0.3, 0.4) is 0 Å². The molecule has 2 rings (SSSR count). The summed E-state index contributed by atoms with van der Waals surface area (Å²) in [5.74, 6) is 0. The fraction of sp³-hybridized carbons (Fsp3) is 0.667. The van der Waals surface area contributed by atoms with E-state index in [2.05, 4.69) is 35.6 Å². The number of hydrogen-bond donors (Lipinski definition) is 1. The first kappa shape index (κ1) is 14.6. The van der Waals surface area contributed by atoms with E-state index in [1.165, 1.54) is 76.3 Å². The molecule has 0 atom stereocenters. The molecule has 1 heteroatoms. The summed E-state index contributed by atoms with van der Waals surface area (Å²) < 4.78 is 0. The van der Waals surface area contributed by atoms with Crippen LogP contribution in [0.4, 0.5) is 0 Å². The highest BCUT2D eigenvalue weighted by molar-refractivity contribution is 5.14. The minimum Gasteiger partial charge on any atom is -0.314 e. The smallest absolute Gasteiger partial charge is 0.00670 e. The predicted octanol–water partition coefficient (Wildman–Crippen LogP) is 4.71. The molecule has 0 amide bonds. The maximum atomic E-state index is 3.78. The zero-order valence-electron chi connectivity index (χ0n) is 12.2. The second kappa shape index (κ2) is 9.14. The van der Waals surface area contributed by atoms with Crippen molar-refractivity contribution in [3.8, 4) is 0 Å². The van der Waals surface area contributed by atoms with Gasteiger partial charge in [0.1, 0.15) is 0 Å². The Morgan fingerprint density at radius 1 is 0.842 bits per heavy atom. The van der Waals surface area contributed by atoms with Gasteiger partial charge in [0.2, 0.25) is 0 Å². The third-order valence-corrected chi connectivity index (χ3v) is 4.27. The van der Waals surface area contributed by atoms with Crippen LogP contribution in [0.2, 0.25) is 0 Å². The predicted molar refractivity (Wildman–Crippen MR) is 83.5 cm³/mol. The summed E-state index contributed by atoms with van der Waals surface area (Å²) in [5.41, 5.74) is 1.48. The molecule has 1 N–H and O–H groups in total. The molecule has 0 unspecified atom stereocenters. The van der Waals surface area contributed by atoms with Gasteiger partial charge in [0.15, 0.2) is 0 Å². The van der Waals surface area contributed by atoms with Crippen molar-refractivity contribution in [2.45, 2.75) is 70.3 Å². The molecule has 1 nitrogen and oxygen atoms in total. The fourth-order valence-corrected chi connectivity index (χ4v) is 3.07. The lowest BCUT2D eigenvalue weighted by atomic mass is 9.96. The van der Waals surface area contributed by atoms with Crippen molar-refractivity contribution < 1.29 is 0 Å². The van der Waals surface area contributed by atoms with Gasteiger partial charge in [-0.15, -0.1) is 0 Å². The first-order chi connectivity index (χ1) is 9.45. The summed E-state index contributed by atoms with van der Waals surface area (Å²) in [6.07, 6.45) is 13.9. The van der Waals surface area contributed by atoms with Gasteiger partial charge in [0.25, 0.3) is 0 Å². The summed E-state index contributed by atoms with van der Waals surface area (Å²) >= 11 is 0. The second-order valence-corrected chi connectivity index (χ2v) is 5.94. The maximum Gasteiger partial charge on any atom is 0.00670 e. The van der Waals surface area contributed by atoms with Crippen molar-refractivity contribution >= 4 is 0 Å². The minimum absolute atomic E-state index is 0.803. The Bertz CT molecular complexity index is 312. The number of hydrogen-bond acceptors (Lipinski definition) is 1. The Morgan fingerprint density at radius 2 is 1.53 bits per heavy atom. The molecule has 1 saturated carbocycles. The van der Waals surface area contributed by atoms with E-state index >= 15 is 0 Å². The van der Waals surface area contributed by atoms with Crippen molar-refractivity contribution in [1.82, 2.24) is 5.32 Å². The Hall–Kier alpha value is -0.820. The first-order valence-corrected chi connectivity index (χ1v) is 8.22. The number of benzene rings is 1. The topological polar surface area (TPSA) is 12.0 Å². The van der Waals surface area contributed by atoms with Crippen molar-refractivity contribution in [3.63, 3.8) is 0 Å². The SMILES string of the molecule is c1ccc(CCCCNC2CCCCCCC2)cc1. The molecule has 0 saturated heterocycles. The van der Waals surface area contributed by atoms with Gasteiger partial charge < -0.3 is 5.32 Å². The molecule has 106 valence electrons. The van der Waals surface area contributed by atoms with Gasteiger partial charge >= 0.3 is 0 Å². The van der Waals surface area contributed by atoms with Gasteiger partial charge in [0.05, 0.1) is 0 Å². The average Bonchev–Trinajstić information content (AvgIpc) is 2.41. The monoisotopic (exact) mass is 259 g/mol. The van der Waals surface area contributed by atoms with E-state index in [1.54, 1.807) is 0 Å². The van der Waals surface area contributed by atoms with Crippen molar-refractivity contribution in [2.24, 2.45) is 0 Å². The number of rotatable bonds is 6. The average molecular weight is 259 g/mol. The van der Waals surface area contributed by atoms with E-state index in [-0.39, 0.29) is 0 Å². The largest absolute Gasteiger partial charge is 0.314 e. The molecule has 0 bridgehead atoms. The van der Waals surface area contributed by atoms with Crippen LogP contribution in [-0.2, 0) is 6.42 Å². The molecule has 1 aromatic carbocycles. The summed E-state index contributed by atoms with van der Waals surface area (Å²) in [6, 6.07) is 11.7. The number of nitrogens with one attached hydrogen (secondary N) is 1. The van der Waals surface area contributed by atoms with E-state index in [9.17, 15) is 0 Å². The molecule has 0 aliphatic heterocycles. The Balaban J connectivity index is 1.53. The van der Waals surface area contributed by atoms with E-state index < -0.39 is 0 Å². The third kappa shape index (κ3) is 6.24. The summed E-state index contributed by atoms with van der Waals surface area (Å²) in [7, 11) is 0. The van der Waals surface area contributed by atoms with Gasteiger partial charge in [-0.25, -0.2) is 0 Å². The normalized spacial score (nSPS) is 17.9. The molecule has 1 aliphatic carbocycles. The summed E-state index contributed by atoms with van der Waals surface area (Å²) in [5, 5.41) is 3.78. The molecular weight excluding hydrogens is 230 g/mol. The van der Waals surface area contributed by atoms with Crippen LogP contribution in [0.25, 0.3) is 0 Å². The fourth-order valence-electron chi connectivity index (χ4n) is 3.07. The van der Waals surface area contributed by atoms with Crippen molar-refractivity contribution in [2.75, 3.05) is 6.54 Å². The molecule has 0 spiro atoms. The molecule has 1 aliphatic rings. The van der Waals surface area contributed by atoms with Crippen LogP contribution in [0.15, 0.2) is 30.3 Å². The molecule has 0 radical (unpaired) electrons. The highest BCUT2D eigenvalue weighted by Gasteiger charge is 2.09. The van der Waals surface area contributed by atoms with Gasteiger partial charge in [-0.05, 0) is 44.2 Å². The Labute approximate surface area is 118 Å². The Kier molecular flexibility index (Phi) is 7.02. The molecule has 19 heavy (non-hydrogen) atoms. The minimum atomic E-state index is 0.803. The van der Waals surface area contributed by atoms with Crippen LogP contribution in [0.1, 0.15) is 63.4 Å². The quantitative estimate of drug-likeness (QED) is 0.729. The zero-order valence-corrected chi connectivity index (χ0v) is 12.2. The second-order valence-electron chi connectivity index (χ2n) is 5.94. The highest BCUT2D eigenvalue weighted by Crippen LogP contribution is 2.17. The first-order valence-electron chi connectivity index (χ1n) is 8.22. The Morgan fingerprint density at radius 3 is 2.26 bits per heavy atom. The molecule has 1 aromatic rings. The maximum absolute atomic E-state index is 3.78. The number of aryl methyl sites for hydroxylation is 1. The lowest BCUT2D eigenvalue weighted by Gasteiger charge is -2.21. The van der Waals surface area contributed by atoms with E-state index in [1.807, 2.05) is 0 Å². The molecule has 0 heterocycles. The van der Waals surface area contributed by atoms with Crippen LogP contribution in [0.5, 0.6) is 0 Å². The summed E-state index contributed by atoms with van der Waals surface area (Å²) in [4.78, 5) is 0. The third-order valence-electron chi connectivity index (χ3n) is 4.27. The van der Waals surface area contributed by atoms with Gasteiger partial charge in [0, 0.05) is 6.04 Å². The standard InChI is InChI=1S/C18H29N/c1-2-7-14-18(15-8-3-1)19-16-10-9-13-17-11-5-4-6-12-17/h4-6,11-12,18-19H,1-3,7-10,13-16H2. The van der Waals surface area contributed by atoms with Gasteiger partial charge in [-0.2, -0.15) is 0 Å². The molecule has 0 aromatic heterocycles. The molecule has 1 fully saturated rings. The van der Waals surface area contributed by atoms with Crippen LogP contribution >= 0.6 is 0 Å². The van der Waals surface area contributed by atoms with Gasteiger partial charge in [-0.1, -0.05) is 62.4 Å². The highest BCUT2D eigenvalue weighted by atomic mass is 14.9. The lowest BCUT2D eigenvalue weighted by Crippen LogP contribution is -2.30. The van der Waals surface area contributed by atoms with Crippen LogP contribution < -0.4 is 5.32 Å². The lowest BCUT2D eigenvalue weighted by molar-refractivity contribution is 0.387. The van der Waals surface area contributed by atoms with Crippen molar-refractivity contribution in [1.29, 1.82) is 0 Å². The zero-order chi connectivity index (χ0) is 13.2. The summed E-state index contributed by atoms with van der Waals surface area (Å²) in [6.45, 7) is 1.21. The number of unbranched alkanes of at least 4 members (excludes halogenated alkanes) is 1. The van der Waals surface area contributed by atoms with Gasteiger partial charge in [-0.3, -0.25) is 0 Å². The van der Waals surface area contributed by atoms with Crippen molar-refractivity contribution in [3.05, 3.63) is 35.9 Å².